The first-order valence-electron chi connectivity index (χ1n) is 8.30. The summed E-state index contributed by atoms with van der Waals surface area (Å²) in [6.07, 6.45) is 8.02. The van der Waals surface area contributed by atoms with Gasteiger partial charge in [-0.25, -0.2) is 0 Å². The largest absolute Gasteiger partial charge is 0.492 e. The van der Waals surface area contributed by atoms with E-state index in [1.807, 2.05) is 12.1 Å². The number of hydrogen-bond donors (Lipinski definition) is 1. The Kier molecular flexibility index (Phi) is 7.61. The van der Waals surface area contributed by atoms with Gasteiger partial charge in [-0.3, -0.25) is 0 Å². The fraction of sp³-hybridized carbons (Fsp3) is 0.667. The Balaban J connectivity index is 1.55. The number of methoxy groups -OCH3 is 1. The van der Waals surface area contributed by atoms with Gasteiger partial charge in [-0.05, 0) is 49.4 Å². The lowest BCUT2D eigenvalue weighted by Gasteiger charge is -2.21. The highest BCUT2D eigenvalue weighted by Gasteiger charge is 2.12. The predicted molar refractivity (Wildman–Crippen MR) is 87.0 cm³/mol. The molecule has 1 fully saturated rings. The first kappa shape index (κ1) is 16.3. The van der Waals surface area contributed by atoms with Gasteiger partial charge in [0.15, 0.2) is 0 Å². The Bertz CT molecular complexity index is 371. The topological polar surface area (TPSA) is 30.5 Å². The molecule has 1 aromatic carbocycles. The molecule has 0 spiro atoms. The second-order valence-electron chi connectivity index (χ2n) is 5.94. The minimum Gasteiger partial charge on any atom is -0.492 e. The van der Waals surface area contributed by atoms with E-state index in [0.717, 1.165) is 44.4 Å². The van der Waals surface area contributed by atoms with Gasteiger partial charge in [-0.15, -0.1) is 0 Å². The van der Waals surface area contributed by atoms with Crippen molar-refractivity contribution in [2.24, 2.45) is 5.92 Å². The predicted octanol–water partition coefficient (Wildman–Crippen LogP) is 3.42. The van der Waals surface area contributed by atoms with Gasteiger partial charge in [0.2, 0.25) is 0 Å². The second kappa shape index (κ2) is 9.80. The van der Waals surface area contributed by atoms with Crippen molar-refractivity contribution in [2.45, 2.75) is 38.5 Å². The minimum absolute atomic E-state index is 0.740. The molecule has 0 saturated heterocycles. The van der Waals surface area contributed by atoms with Crippen LogP contribution in [0.3, 0.4) is 0 Å². The standard InChI is InChI=1S/C18H29NO2/c1-20-13-11-16-7-9-18(10-8-16)21-14-12-19-15-17-5-3-2-4-6-17/h7-10,17,19H,2-6,11-15H2,1H3. The molecule has 1 aromatic rings. The van der Waals surface area contributed by atoms with Crippen LogP contribution in [0.25, 0.3) is 0 Å². The van der Waals surface area contributed by atoms with Crippen LogP contribution in [0.5, 0.6) is 5.75 Å². The minimum atomic E-state index is 0.740. The van der Waals surface area contributed by atoms with Crippen molar-refractivity contribution in [3.05, 3.63) is 29.8 Å². The van der Waals surface area contributed by atoms with E-state index in [0.29, 0.717) is 0 Å². The van der Waals surface area contributed by atoms with Gasteiger partial charge in [-0.2, -0.15) is 0 Å². The van der Waals surface area contributed by atoms with Gasteiger partial charge in [0.05, 0.1) is 6.61 Å². The fourth-order valence-corrected chi connectivity index (χ4v) is 2.91. The van der Waals surface area contributed by atoms with Crippen molar-refractivity contribution in [2.75, 3.05) is 33.4 Å². The normalized spacial score (nSPS) is 16.0. The number of benzene rings is 1. The average Bonchev–Trinajstić information content (AvgIpc) is 2.55. The van der Waals surface area contributed by atoms with E-state index < -0.39 is 0 Å². The van der Waals surface area contributed by atoms with Crippen LogP contribution in [0.15, 0.2) is 24.3 Å². The van der Waals surface area contributed by atoms with Crippen LogP contribution in [0.2, 0.25) is 0 Å². The van der Waals surface area contributed by atoms with Crippen molar-refractivity contribution in [3.8, 4) is 5.75 Å². The molecule has 1 aliphatic rings. The van der Waals surface area contributed by atoms with Gasteiger partial charge in [0.1, 0.15) is 12.4 Å². The highest BCUT2D eigenvalue weighted by atomic mass is 16.5. The lowest BCUT2D eigenvalue weighted by molar-refractivity contribution is 0.202. The SMILES string of the molecule is COCCc1ccc(OCCNCC2CCCCC2)cc1. The maximum atomic E-state index is 5.76. The zero-order valence-corrected chi connectivity index (χ0v) is 13.3. The third-order valence-electron chi connectivity index (χ3n) is 4.22. The third kappa shape index (κ3) is 6.49. The van der Waals surface area contributed by atoms with E-state index in [-0.39, 0.29) is 0 Å². The zero-order valence-electron chi connectivity index (χ0n) is 13.3. The molecule has 0 bridgehead atoms. The molecule has 0 heterocycles. The van der Waals surface area contributed by atoms with Crippen LogP contribution < -0.4 is 10.1 Å². The number of rotatable bonds is 9. The Labute approximate surface area is 129 Å². The second-order valence-corrected chi connectivity index (χ2v) is 5.94. The van der Waals surface area contributed by atoms with Crippen LogP contribution in [-0.2, 0) is 11.2 Å². The summed E-state index contributed by atoms with van der Waals surface area (Å²) in [7, 11) is 1.73. The molecule has 0 aromatic heterocycles. The Morgan fingerprint density at radius 2 is 1.81 bits per heavy atom. The molecule has 0 amide bonds. The summed E-state index contributed by atoms with van der Waals surface area (Å²) >= 11 is 0. The Morgan fingerprint density at radius 1 is 1.05 bits per heavy atom. The summed E-state index contributed by atoms with van der Waals surface area (Å²) in [5.41, 5.74) is 1.29. The molecular weight excluding hydrogens is 262 g/mol. The van der Waals surface area contributed by atoms with Gasteiger partial charge < -0.3 is 14.8 Å². The van der Waals surface area contributed by atoms with E-state index in [1.165, 1.54) is 37.7 Å². The summed E-state index contributed by atoms with van der Waals surface area (Å²) in [5, 5.41) is 3.52. The molecule has 0 atom stereocenters. The smallest absolute Gasteiger partial charge is 0.119 e. The Hall–Kier alpha value is -1.06. The van der Waals surface area contributed by atoms with Crippen LogP contribution in [0, 0.1) is 5.92 Å². The molecule has 2 rings (SSSR count). The number of ether oxygens (including phenoxy) is 2. The molecule has 118 valence electrons. The molecular formula is C18H29NO2. The van der Waals surface area contributed by atoms with Gasteiger partial charge >= 0.3 is 0 Å². The highest BCUT2D eigenvalue weighted by Crippen LogP contribution is 2.22. The van der Waals surface area contributed by atoms with Crippen molar-refractivity contribution in [1.29, 1.82) is 0 Å². The summed E-state index contributed by atoms with van der Waals surface area (Å²) in [4.78, 5) is 0. The summed E-state index contributed by atoms with van der Waals surface area (Å²) in [6.45, 7) is 3.59. The molecule has 1 saturated carbocycles. The average molecular weight is 291 g/mol. The van der Waals surface area contributed by atoms with Gasteiger partial charge in [0.25, 0.3) is 0 Å². The molecule has 0 unspecified atom stereocenters. The van der Waals surface area contributed by atoms with E-state index in [2.05, 4.69) is 17.4 Å². The van der Waals surface area contributed by atoms with Gasteiger partial charge in [0, 0.05) is 13.7 Å². The quantitative estimate of drug-likeness (QED) is 0.707. The molecule has 21 heavy (non-hydrogen) atoms. The summed E-state index contributed by atoms with van der Waals surface area (Å²) in [5.74, 6) is 1.84. The molecule has 0 aliphatic heterocycles. The maximum Gasteiger partial charge on any atom is 0.119 e. The highest BCUT2D eigenvalue weighted by molar-refractivity contribution is 5.27. The monoisotopic (exact) mass is 291 g/mol. The number of hydrogen-bond acceptors (Lipinski definition) is 3. The molecule has 1 N–H and O–H groups in total. The lowest BCUT2D eigenvalue weighted by atomic mass is 9.89. The van der Waals surface area contributed by atoms with Crippen molar-refractivity contribution < 1.29 is 9.47 Å². The van der Waals surface area contributed by atoms with Crippen LogP contribution in [0.1, 0.15) is 37.7 Å². The van der Waals surface area contributed by atoms with Crippen LogP contribution in [0.4, 0.5) is 0 Å². The van der Waals surface area contributed by atoms with E-state index in [4.69, 9.17) is 9.47 Å². The maximum absolute atomic E-state index is 5.76. The van der Waals surface area contributed by atoms with E-state index in [1.54, 1.807) is 7.11 Å². The van der Waals surface area contributed by atoms with Gasteiger partial charge in [-0.1, -0.05) is 31.4 Å². The third-order valence-corrected chi connectivity index (χ3v) is 4.22. The summed E-state index contributed by atoms with van der Waals surface area (Å²) in [6, 6.07) is 8.33. The lowest BCUT2D eigenvalue weighted by Crippen LogP contribution is -2.28. The van der Waals surface area contributed by atoms with Crippen LogP contribution >= 0.6 is 0 Å². The fourth-order valence-electron chi connectivity index (χ4n) is 2.91. The Morgan fingerprint density at radius 3 is 2.52 bits per heavy atom. The molecule has 1 aliphatic carbocycles. The molecule has 3 nitrogen and oxygen atoms in total. The van der Waals surface area contributed by atoms with Crippen LogP contribution in [-0.4, -0.2) is 33.4 Å². The zero-order chi connectivity index (χ0) is 14.8. The molecule has 3 heteroatoms. The molecule has 0 radical (unpaired) electrons. The van der Waals surface area contributed by atoms with E-state index >= 15 is 0 Å². The first-order valence-corrected chi connectivity index (χ1v) is 8.30. The van der Waals surface area contributed by atoms with Crippen molar-refractivity contribution >= 4 is 0 Å². The number of nitrogens with one attached hydrogen (secondary N) is 1. The van der Waals surface area contributed by atoms with E-state index in [9.17, 15) is 0 Å². The van der Waals surface area contributed by atoms with Crippen molar-refractivity contribution in [3.63, 3.8) is 0 Å². The van der Waals surface area contributed by atoms with Crippen molar-refractivity contribution in [1.82, 2.24) is 5.32 Å². The summed E-state index contributed by atoms with van der Waals surface area (Å²) < 4.78 is 10.8. The first-order chi connectivity index (χ1) is 10.4.